The Morgan fingerprint density at radius 1 is 1.70 bits per heavy atom. The minimum atomic E-state index is -0.357. The maximum atomic E-state index is 12.7. The van der Waals surface area contributed by atoms with Gasteiger partial charge in [0, 0.05) is 10.7 Å². The minimum Gasteiger partial charge on any atom is -0.253 e. The number of halogens is 2. The van der Waals surface area contributed by atoms with Gasteiger partial charge in [0.25, 0.3) is 0 Å². The highest BCUT2D eigenvalue weighted by molar-refractivity contribution is 9.10. The Labute approximate surface area is 66.7 Å². The summed E-state index contributed by atoms with van der Waals surface area (Å²) < 4.78 is 13.3. The van der Waals surface area contributed by atoms with E-state index >= 15 is 0 Å². The van der Waals surface area contributed by atoms with Gasteiger partial charge in [-0.05, 0) is 28.1 Å². The molecule has 1 aromatic rings. The first-order chi connectivity index (χ1) is 4.74. The fourth-order valence-corrected chi connectivity index (χ4v) is 0.879. The molecular formula is C7H5BrFN. The molecule has 0 spiro atoms. The molecule has 1 aromatic heterocycles. The fourth-order valence-electron chi connectivity index (χ4n) is 0.575. The predicted octanol–water partition coefficient (Wildman–Crippen LogP) is 2.63. The molecule has 0 aliphatic carbocycles. The minimum absolute atomic E-state index is 0.281. The van der Waals surface area contributed by atoms with Gasteiger partial charge in [0.2, 0.25) is 0 Å². The Morgan fingerprint density at radius 2 is 2.40 bits per heavy atom. The molecule has 0 radical (unpaired) electrons. The quantitative estimate of drug-likeness (QED) is 0.681. The summed E-state index contributed by atoms with van der Waals surface area (Å²) in [6, 6.07) is 1.35. The molecule has 52 valence electrons. The van der Waals surface area contributed by atoms with Gasteiger partial charge in [-0.1, -0.05) is 6.58 Å². The molecule has 3 heteroatoms. The molecule has 0 aromatic carbocycles. The van der Waals surface area contributed by atoms with E-state index in [1.807, 2.05) is 0 Å². The maximum absolute atomic E-state index is 12.7. The highest BCUT2D eigenvalue weighted by Crippen LogP contribution is 2.12. The van der Waals surface area contributed by atoms with Crippen molar-refractivity contribution in [3.05, 3.63) is 34.8 Å². The van der Waals surface area contributed by atoms with Crippen molar-refractivity contribution in [3.8, 4) is 0 Å². The first-order valence-corrected chi connectivity index (χ1v) is 3.47. The van der Waals surface area contributed by atoms with Crippen LogP contribution in [0.1, 0.15) is 5.69 Å². The van der Waals surface area contributed by atoms with Crippen molar-refractivity contribution in [3.63, 3.8) is 0 Å². The molecule has 10 heavy (non-hydrogen) atoms. The zero-order valence-electron chi connectivity index (χ0n) is 5.14. The second kappa shape index (κ2) is 2.92. The zero-order chi connectivity index (χ0) is 7.56. The number of nitrogens with zero attached hydrogens (tertiary/aromatic N) is 1. The Hall–Kier alpha value is -0.700. The summed E-state index contributed by atoms with van der Waals surface area (Å²) in [5, 5.41) is 0. The highest BCUT2D eigenvalue weighted by atomic mass is 79.9. The lowest BCUT2D eigenvalue weighted by molar-refractivity contribution is 0.617. The monoisotopic (exact) mass is 201 g/mol. The molecule has 1 heterocycles. The maximum Gasteiger partial charge on any atom is 0.149 e. The largest absolute Gasteiger partial charge is 0.253 e. The predicted molar refractivity (Wildman–Crippen MR) is 42.0 cm³/mol. The van der Waals surface area contributed by atoms with Crippen molar-refractivity contribution in [2.24, 2.45) is 0 Å². The van der Waals surface area contributed by atoms with E-state index in [0.29, 0.717) is 4.47 Å². The summed E-state index contributed by atoms with van der Waals surface area (Å²) in [5.41, 5.74) is 0.281. The van der Waals surface area contributed by atoms with E-state index in [-0.39, 0.29) is 11.5 Å². The lowest BCUT2D eigenvalue weighted by atomic mass is 10.3. The van der Waals surface area contributed by atoms with Crippen molar-refractivity contribution in [2.75, 3.05) is 0 Å². The van der Waals surface area contributed by atoms with Crippen LogP contribution < -0.4 is 0 Å². The summed E-state index contributed by atoms with van der Waals surface area (Å²) in [4.78, 5) is 3.76. The second-order valence-corrected chi connectivity index (χ2v) is 2.64. The molecule has 0 saturated carbocycles. The molecule has 1 nitrogen and oxygen atoms in total. The number of hydrogen-bond acceptors (Lipinski definition) is 1. The third kappa shape index (κ3) is 1.42. The van der Waals surface area contributed by atoms with Crippen LogP contribution in [0.2, 0.25) is 0 Å². The number of pyridine rings is 1. The molecule has 1 rings (SSSR count). The van der Waals surface area contributed by atoms with Crippen LogP contribution in [0.5, 0.6) is 0 Å². The van der Waals surface area contributed by atoms with Gasteiger partial charge in [0.15, 0.2) is 0 Å². The van der Waals surface area contributed by atoms with E-state index < -0.39 is 0 Å². The molecule has 0 N–H and O–H groups in total. The van der Waals surface area contributed by atoms with Gasteiger partial charge < -0.3 is 0 Å². The van der Waals surface area contributed by atoms with Crippen LogP contribution in [-0.2, 0) is 0 Å². The van der Waals surface area contributed by atoms with Gasteiger partial charge >= 0.3 is 0 Å². The van der Waals surface area contributed by atoms with Crippen LogP contribution in [0, 0.1) is 5.82 Å². The smallest absolute Gasteiger partial charge is 0.149 e. The van der Waals surface area contributed by atoms with E-state index in [1.165, 1.54) is 18.3 Å². The van der Waals surface area contributed by atoms with Crippen molar-refractivity contribution in [2.45, 2.75) is 0 Å². The SMILES string of the molecule is C=Cc1ncc(Br)cc1F. The molecular weight excluding hydrogens is 197 g/mol. The topological polar surface area (TPSA) is 12.9 Å². The first-order valence-electron chi connectivity index (χ1n) is 2.67. The number of hydrogen-bond donors (Lipinski definition) is 0. The lowest BCUT2D eigenvalue weighted by Gasteiger charge is -1.93. The third-order valence-corrected chi connectivity index (χ3v) is 1.46. The van der Waals surface area contributed by atoms with Crippen LogP contribution in [0.4, 0.5) is 4.39 Å². The molecule has 0 bridgehead atoms. The third-order valence-electron chi connectivity index (χ3n) is 1.03. The molecule has 0 fully saturated rings. The summed E-state index contributed by atoms with van der Waals surface area (Å²) >= 11 is 3.09. The van der Waals surface area contributed by atoms with Crippen molar-refractivity contribution >= 4 is 22.0 Å². The summed E-state index contributed by atoms with van der Waals surface area (Å²) in [6.07, 6.45) is 2.90. The van der Waals surface area contributed by atoms with Gasteiger partial charge in [-0.2, -0.15) is 0 Å². The Morgan fingerprint density at radius 3 is 2.90 bits per heavy atom. The van der Waals surface area contributed by atoms with E-state index in [4.69, 9.17) is 0 Å². The molecule has 0 amide bonds. The van der Waals surface area contributed by atoms with Crippen LogP contribution in [0.15, 0.2) is 23.3 Å². The second-order valence-electron chi connectivity index (χ2n) is 1.72. The lowest BCUT2D eigenvalue weighted by Crippen LogP contribution is -1.85. The van der Waals surface area contributed by atoms with Crippen LogP contribution >= 0.6 is 15.9 Å². The molecule has 0 aliphatic rings. The first kappa shape index (κ1) is 7.41. The summed E-state index contributed by atoms with van der Waals surface area (Å²) in [6.45, 7) is 3.40. The van der Waals surface area contributed by atoms with Gasteiger partial charge in [-0.3, -0.25) is 4.98 Å². The van der Waals surface area contributed by atoms with Crippen LogP contribution in [0.25, 0.3) is 6.08 Å². The Kier molecular flexibility index (Phi) is 2.17. The highest BCUT2D eigenvalue weighted by Gasteiger charge is 1.98. The Balaban J connectivity index is 3.19. The molecule has 0 unspecified atom stereocenters. The van der Waals surface area contributed by atoms with Crippen molar-refractivity contribution in [1.82, 2.24) is 4.98 Å². The fraction of sp³-hybridized carbons (Fsp3) is 0. The van der Waals surface area contributed by atoms with E-state index in [0.717, 1.165) is 0 Å². The number of aromatic nitrogens is 1. The molecule has 0 saturated heterocycles. The summed E-state index contributed by atoms with van der Waals surface area (Å²) in [7, 11) is 0. The van der Waals surface area contributed by atoms with Gasteiger partial charge in [0.05, 0.1) is 5.69 Å². The Bertz CT molecular complexity index is 260. The van der Waals surface area contributed by atoms with Crippen molar-refractivity contribution in [1.29, 1.82) is 0 Å². The average molecular weight is 202 g/mol. The zero-order valence-corrected chi connectivity index (χ0v) is 6.73. The van der Waals surface area contributed by atoms with Gasteiger partial charge in [0.1, 0.15) is 5.82 Å². The number of rotatable bonds is 1. The van der Waals surface area contributed by atoms with E-state index in [9.17, 15) is 4.39 Å². The standard InChI is InChI=1S/C7H5BrFN/c1-2-7-6(9)3-5(8)4-10-7/h2-4H,1H2. The molecule has 0 aliphatic heterocycles. The van der Waals surface area contributed by atoms with E-state index in [1.54, 1.807) is 0 Å². The van der Waals surface area contributed by atoms with Gasteiger partial charge in [-0.25, -0.2) is 4.39 Å². The average Bonchev–Trinajstić information content (AvgIpc) is 1.88. The molecule has 0 atom stereocenters. The van der Waals surface area contributed by atoms with Gasteiger partial charge in [-0.15, -0.1) is 0 Å². The van der Waals surface area contributed by atoms with Crippen molar-refractivity contribution < 1.29 is 4.39 Å². The normalized spacial score (nSPS) is 9.40. The van der Waals surface area contributed by atoms with Crippen LogP contribution in [0.3, 0.4) is 0 Å². The van der Waals surface area contributed by atoms with E-state index in [2.05, 4.69) is 27.5 Å². The summed E-state index contributed by atoms with van der Waals surface area (Å²) in [5.74, 6) is -0.357. The van der Waals surface area contributed by atoms with Crippen LogP contribution in [-0.4, -0.2) is 4.98 Å².